The monoisotopic (exact) mass is 349 g/mol. The van der Waals surface area contributed by atoms with E-state index in [9.17, 15) is 9.59 Å². The molecule has 5 nitrogen and oxygen atoms in total. The van der Waals surface area contributed by atoms with Crippen molar-refractivity contribution in [3.63, 3.8) is 0 Å². The topological polar surface area (TPSA) is 66.9 Å². The predicted octanol–water partition coefficient (Wildman–Crippen LogP) is 3.33. The van der Waals surface area contributed by atoms with Gasteiger partial charge < -0.3 is 10.3 Å². The lowest BCUT2D eigenvalue weighted by Crippen LogP contribution is -2.25. The molecule has 134 valence electrons. The van der Waals surface area contributed by atoms with E-state index in [4.69, 9.17) is 0 Å². The molecule has 2 aromatic carbocycles. The molecule has 0 spiro atoms. The Labute approximate surface area is 152 Å². The quantitative estimate of drug-likeness (QED) is 0.507. The molecule has 0 aliphatic carbocycles. The van der Waals surface area contributed by atoms with Crippen molar-refractivity contribution >= 4 is 22.5 Å². The van der Waals surface area contributed by atoms with Crippen molar-refractivity contribution in [3.8, 4) is 0 Å². The molecule has 3 aromatic rings. The minimum absolute atomic E-state index is 0.100. The van der Waals surface area contributed by atoms with Gasteiger partial charge in [-0.05, 0) is 36.1 Å². The van der Waals surface area contributed by atoms with Crippen molar-refractivity contribution in [2.45, 2.75) is 26.3 Å². The van der Waals surface area contributed by atoms with Gasteiger partial charge >= 0.3 is 5.69 Å². The summed E-state index contributed by atoms with van der Waals surface area (Å²) in [5, 5.41) is 2.91. The first kappa shape index (κ1) is 17.7. The molecule has 26 heavy (non-hydrogen) atoms. The van der Waals surface area contributed by atoms with Gasteiger partial charge in [-0.15, -0.1) is 0 Å². The predicted molar refractivity (Wildman–Crippen MR) is 105 cm³/mol. The Kier molecular flexibility index (Phi) is 5.69. The van der Waals surface area contributed by atoms with Crippen LogP contribution in [0.5, 0.6) is 0 Å². The zero-order valence-corrected chi connectivity index (χ0v) is 14.9. The summed E-state index contributed by atoms with van der Waals surface area (Å²) in [7, 11) is 0. The van der Waals surface area contributed by atoms with Crippen LogP contribution in [0.2, 0.25) is 0 Å². The summed E-state index contributed by atoms with van der Waals surface area (Å²) >= 11 is 0. The van der Waals surface area contributed by atoms with E-state index in [2.05, 4.69) is 10.3 Å². The maximum absolute atomic E-state index is 12.2. The number of nitrogens with zero attached hydrogens (tertiary/aromatic N) is 1. The second-order valence-electron chi connectivity index (χ2n) is 6.13. The third-order valence-electron chi connectivity index (χ3n) is 4.37. The number of rotatable bonds is 7. The first-order chi connectivity index (χ1) is 12.7. The van der Waals surface area contributed by atoms with E-state index >= 15 is 0 Å². The molecule has 0 aliphatic rings. The van der Waals surface area contributed by atoms with Crippen LogP contribution < -0.4 is 11.0 Å². The average molecular weight is 349 g/mol. The van der Waals surface area contributed by atoms with E-state index in [-0.39, 0.29) is 11.6 Å². The number of aromatic amines is 1. The Morgan fingerprint density at radius 1 is 1.12 bits per heavy atom. The molecule has 0 aliphatic heterocycles. The zero-order valence-electron chi connectivity index (χ0n) is 14.9. The number of hydrogen-bond donors (Lipinski definition) is 2. The molecule has 0 saturated carbocycles. The van der Waals surface area contributed by atoms with Crippen LogP contribution in [0.25, 0.3) is 16.6 Å². The average Bonchev–Trinajstić information content (AvgIpc) is 2.99. The molecule has 0 unspecified atom stereocenters. The number of amides is 1. The molecule has 0 bridgehead atoms. The standard InChI is InChI=1S/C21H23N3O2/c1-2-16(17-9-4-3-5-10-17)15-20(25)22-13-8-14-24-19-12-7-6-11-18(19)23-21(24)26/h3-7,9-12,15H,2,8,13-14H2,1H3,(H,22,25)(H,23,26)/b16-15+. The summed E-state index contributed by atoms with van der Waals surface area (Å²) in [4.78, 5) is 27.0. The van der Waals surface area contributed by atoms with Crippen LogP contribution in [0, 0.1) is 0 Å². The summed E-state index contributed by atoms with van der Waals surface area (Å²) in [6, 6.07) is 17.5. The molecule has 1 amide bonds. The number of aromatic nitrogens is 2. The van der Waals surface area contributed by atoms with E-state index < -0.39 is 0 Å². The summed E-state index contributed by atoms with van der Waals surface area (Å²) in [6.07, 6.45) is 3.14. The first-order valence-electron chi connectivity index (χ1n) is 8.90. The van der Waals surface area contributed by atoms with Crippen molar-refractivity contribution in [2.24, 2.45) is 0 Å². The van der Waals surface area contributed by atoms with Gasteiger partial charge in [0.25, 0.3) is 0 Å². The van der Waals surface area contributed by atoms with Gasteiger partial charge in [-0.3, -0.25) is 9.36 Å². The van der Waals surface area contributed by atoms with E-state index in [1.54, 1.807) is 10.6 Å². The normalized spacial score (nSPS) is 11.7. The number of aryl methyl sites for hydroxylation is 1. The summed E-state index contributed by atoms with van der Waals surface area (Å²) < 4.78 is 1.71. The van der Waals surface area contributed by atoms with Crippen LogP contribution in [0.15, 0.2) is 65.5 Å². The smallest absolute Gasteiger partial charge is 0.326 e. The molecule has 0 radical (unpaired) electrons. The lowest BCUT2D eigenvalue weighted by Gasteiger charge is -2.07. The zero-order chi connectivity index (χ0) is 18.4. The third kappa shape index (κ3) is 4.11. The van der Waals surface area contributed by atoms with Gasteiger partial charge in [0.1, 0.15) is 0 Å². The molecule has 5 heteroatoms. The van der Waals surface area contributed by atoms with Gasteiger partial charge in [0, 0.05) is 19.2 Å². The molecule has 2 N–H and O–H groups in total. The summed E-state index contributed by atoms with van der Waals surface area (Å²) in [5.41, 5.74) is 3.68. The largest absolute Gasteiger partial charge is 0.352 e. The Balaban J connectivity index is 1.56. The van der Waals surface area contributed by atoms with Crippen molar-refractivity contribution in [3.05, 3.63) is 76.7 Å². The minimum Gasteiger partial charge on any atom is -0.352 e. The number of nitrogens with one attached hydrogen (secondary N) is 2. The fraction of sp³-hybridized carbons (Fsp3) is 0.238. The number of imidazole rings is 1. The van der Waals surface area contributed by atoms with Crippen LogP contribution in [-0.2, 0) is 11.3 Å². The molecule has 3 rings (SSSR count). The van der Waals surface area contributed by atoms with Gasteiger partial charge in [-0.1, -0.05) is 49.4 Å². The highest BCUT2D eigenvalue weighted by molar-refractivity contribution is 5.95. The van der Waals surface area contributed by atoms with Gasteiger partial charge in [-0.2, -0.15) is 0 Å². The molecule has 1 heterocycles. The van der Waals surface area contributed by atoms with Gasteiger partial charge in [0.15, 0.2) is 0 Å². The molecular formula is C21H23N3O2. The van der Waals surface area contributed by atoms with E-state index in [1.165, 1.54) is 0 Å². The third-order valence-corrected chi connectivity index (χ3v) is 4.37. The first-order valence-corrected chi connectivity index (χ1v) is 8.90. The van der Waals surface area contributed by atoms with Crippen LogP contribution >= 0.6 is 0 Å². The fourth-order valence-electron chi connectivity index (χ4n) is 3.03. The SMILES string of the molecule is CC/C(=C\C(=O)NCCCn1c(=O)[nH]c2ccccc21)c1ccccc1. The minimum atomic E-state index is -0.116. The van der Waals surface area contributed by atoms with E-state index in [1.807, 2.05) is 61.5 Å². The number of carbonyl (C=O) groups is 1. The van der Waals surface area contributed by atoms with Crippen molar-refractivity contribution in [1.29, 1.82) is 0 Å². The van der Waals surface area contributed by atoms with Crippen molar-refractivity contribution in [1.82, 2.24) is 14.9 Å². The summed E-state index contributed by atoms with van der Waals surface area (Å²) in [5.74, 6) is -0.100. The second kappa shape index (κ2) is 8.34. The summed E-state index contributed by atoms with van der Waals surface area (Å²) in [6.45, 7) is 3.12. The van der Waals surface area contributed by atoms with E-state index in [0.717, 1.165) is 28.6 Å². The van der Waals surface area contributed by atoms with Crippen LogP contribution in [0.3, 0.4) is 0 Å². The Morgan fingerprint density at radius 2 is 1.85 bits per heavy atom. The fourth-order valence-corrected chi connectivity index (χ4v) is 3.03. The Hall–Kier alpha value is -3.08. The van der Waals surface area contributed by atoms with Crippen LogP contribution in [0.4, 0.5) is 0 Å². The molecule has 1 aromatic heterocycles. The van der Waals surface area contributed by atoms with Gasteiger partial charge in [0.05, 0.1) is 11.0 Å². The number of carbonyl (C=O) groups excluding carboxylic acids is 1. The maximum Gasteiger partial charge on any atom is 0.326 e. The highest BCUT2D eigenvalue weighted by Crippen LogP contribution is 2.17. The molecular weight excluding hydrogens is 326 g/mol. The van der Waals surface area contributed by atoms with Crippen LogP contribution in [-0.4, -0.2) is 22.0 Å². The highest BCUT2D eigenvalue weighted by atomic mass is 16.2. The number of H-pyrrole nitrogens is 1. The Morgan fingerprint density at radius 3 is 2.62 bits per heavy atom. The van der Waals surface area contributed by atoms with E-state index in [0.29, 0.717) is 19.5 Å². The molecule has 0 saturated heterocycles. The van der Waals surface area contributed by atoms with Gasteiger partial charge in [-0.25, -0.2) is 4.79 Å². The molecule has 0 atom stereocenters. The number of benzene rings is 2. The second-order valence-corrected chi connectivity index (χ2v) is 6.13. The lowest BCUT2D eigenvalue weighted by atomic mass is 10.0. The van der Waals surface area contributed by atoms with Crippen LogP contribution in [0.1, 0.15) is 25.3 Å². The number of allylic oxidation sites excluding steroid dienone is 1. The number of hydrogen-bond acceptors (Lipinski definition) is 2. The maximum atomic E-state index is 12.2. The lowest BCUT2D eigenvalue weighted by molar-refractivity contribution is -0.116. The highest BCUT2D eigenvalue weighted by Gasteiger charge is 2.06. The number of fused-ring (bicyclic) bond motifs is 1. The van der Waals surface area contributed by atoms with Gasteiger partial charge in [0.2, 0.25) is 5.91 Å². The Bertz CT molecular complexity index is 968. The number of para-hydroxylation sites is 2. The molecule has 0 fully saturated rings. The van der Waals surface area contributed by atoms with Crippen molar-refractivity contribution in [2.75, 3.05) is 6.54 Å². The van der Waals surface area contributed by atoms with Crippen molar-refractivity contribution < 1.29 is 4.79 Å².